The van der Waals surface area contributed by atoms with Crippen LogP contribution in [0.1, 0.15) is 5.56 Å². The first-order chi connectivity index (χ1) is 10.5. The monoisotopic (exact) mass is 322 g/mol. The van der Waals surface area contributed by atoms with Crippen LogP contribution < -0.4 is 0 Å². The van der Waals surface area contributed by atoms with Crippen LogP contribution in [0.25, 0.3) is 0 Å². The van der Waals surface area contributed by atoms with Gasteiger partial charge in [0.15, 0.2) is 11.3 Å². The Morgan fingerprint density at radius 1 is 1.18 bits per heavy atom. The summed E-state index contributed by atoms with van der Waals surface area (Å²) >= 11 is 5.77. The lowest BCUT2D eigenvalue weighted by molar-refractivity contribution is -0.147. The molecule has 1 aromatic rings. The summed E-state index contributed by atoms with van der Waals surface area (Å²) in [5.41, 5.74) is 0.167. The number of ether oxygens (including phenoxy) is 3. The molecule has 0 fully saturated rings. The van der Waals surface area contributed by atoms with Crippen LogP contribution in [0.4, 0.5) is 0 Å². The molecule has 0 aliphatic carbocycles. The lowest BCUT2D eigenvalue weighted by Gasteiger charge is -2.09. The fraction of sp³-hybridized carbons (Fsp3) is 0.133. The summed E-state index contributed by atoms with van der Waals surface area (Å²) in [5.74, 6) is -3.14. The summed E-state index contributed by atoms with van der Waals surface area (Å²) in [6, 6.07) is 8.87. The van der Waals surface area contributed by atoms with Gasteiger partial charge in [-0.1, -0.05) is 41.9 Å². The topological polar surface area (TPSA) is 78.9 Å². The Bertz CT molecular complexity index is 675. The third-order valence-electron chi connectivity index (χ3n) is 2.70. The van der Waals surface area contributed by atoms with Crippen molar-refractivity contribution in [2.45, 2.75) is 6.61 Å². The van der Waals surface area contributed by atoms with E-state index in [1.807, 2.05) is 6.07 Å². The summed E-state index contributed by atoms with van der Waals surface area (Å²) in [5, 5.41) is -0.165. The molecule has 0 saturated carbocycles. The molecular formula is C15H11ClO6. The highest BCUT2D eigenvalue weighted by atomic mass is 35.5. The quantitative estimate of drug-likeness (QED) is 0.277. The van der Waals surface area contributed by atoms with E-state index < -0.39 is 23.5 Å². The molecule has 0 spiro atoms. The summed E-state index contributed by atoms with van der Waals surface area (Å²) in [4.78, 5) is 35.0. The van der Waals surface area contributed by atoms with Crippen LogP contribution in [0.3, 0.4) is 0 Å². The molecule has 0 unspecified atom stereocenters. The Morgan fingerprint density at radius 2 is 1.86 bits per heavy atom. The predicted molar refractivity (Wildman–Crippen MR) is 75.3 cm³/mol. The second-order valence-electron chi connectivity index (χ2n) is 4.17. The Kier molecular flexibility index (Phi) is 4.95. The first-order valence-electron chi connectivity index (χ1n) is 6.16. The largest absolute Gasteiger partial charge is 0.465 e. The second-order valence-corrected chi connectivity index (χ2v) is 4.58. The van der Waals surface area contributed by atoms with Crippen LogP contribution in [0.2, 0.25) is 0 Å². The van der Waals surface area contributed by atoms with Crippen molar-refractivity contribution < 1.29 is 28.6 Å². The first-order valence-corrected chi connectivity index (χ1v) is 6.53. The van der Waals surface area contributed by atoms with E-state index in [2.05, 4.69) is 4.74 Å². The van der Waals surface area contributed by atoms with Crippen molar-refractivity contribution in [3.8, 4) is 0 Å². The molecule has 2 rings (SSSR count). The molecule has 6 nitrogen and oxygen atoms in total. The minimum atomic E-state index is -1.01. The van der Waals surface area contributed by atoms with Crippen LogP contribution in [0, 0.1) is 0 Å². The Morgan fingerprint density at radius 3 is 2.41 bits per heavy atom. The number of halogens is 1. The van der Waals surface area contributed by atoms with Gasteiger partial charge >= 0.3 is 17.9 Å². The van der Waals surface area contributed by atoms with Crippen molar-refractivity contribution >= 4 is 29.5 Å². The van der Waals surface area contributed by atoms with Crippen molar-refractivity contribution in [1.29, 1.82) is 0 Å². The molecule has 1 aliphatic heterocycles. The molecule has 22 heavy (non-hydrogen) atoms. The zero-order valence-corrected chi connectivity index (χ0v) is 12.3. The fourth-order valence-corrected chi connectivity index (χ4v) is 1.91. The third kappa shape index (κ3) is 3.53. The molecule has 1 aliphatic rings. The highest BCUT2D eigenvalue weighted by Crippen LogP contribution is 2.27. The molecule has 0 bridgehead atoms. The van der Waals surface area contributed by atoms with E-state index in [1.165, 1.54) is 0 Å². The number of carbonyl (C=O) groups excluding carboxylic acids is 3. The van der Waals surface area contributed by atoms with Gasteiger partial charge in [0.05, 0.1) is 12.1 Å². The average molecular weight is 323 g/mol. The highest BCUT2D eigenvalue weighted by molar-refractivity contribution is 6.35. The lowest BCUT2D eigenvalue weighted by atomic mass is 10.2. The van der Waals surface area contributed by atoms with Gasteiger partial charge in [-0.05, 0) is 5.56 Å². The van der Waals surface area contributed by atoms with E-state index in [1.54, 1.807) is 24.3 Å². The van der Waals surface area contributed by atoms with Gasteiger partial charge in [-0.15, -0.1) is 0 Å². The third-order valence-corrected chi connectivity index (χ3v) is 2.98. The van der Waals surface area contributed by atoms with Gasteiger partial charge in [-0.2, -0.15) is 0 Å². The van der Waals surface area contributed by atoms with Crippen molar-refractivity contribution in [2.24, 2.45) is 0 Å². The number of cyclic esters (lactones) is 1. The van der Waals surface area contributed by atoms with E-state index >= 15 is 0 Å². The number of rotatable bonds is 4. The molecule has 0 radical (unpaired) electrons. The van der Waals surface area contributed by atoms with Crippen LogP contribution in [-0.4, -0.2) is 25.0 Å². The van der Waals surface area contributed by atoms with Gasteiger partial charge in [0.1, 0.15) is 6.61 Å². The highest BCUT2D eigenvalue weighted by Gasteiger charge is 2.33. The van der Waals surface area contributed by atoms with Gasteiger partial charge in [-0.3, -0.25) is 0 Å². The van der Waals surface area contributed by atoms with E-state index in [4.69, 9.17) is 21.1 Å². The Balaban J connectivity index is 2.22. The van der Waals surface area contributed by atoms with Crippen LogP contribution >= 0.6 is 11.6 Å². The van der Waals surface area contributed by atoms with Gasteiger partial charge in [0.25, 0.3) is 0 Å². The average Bonchev–Trinajstić information content (AvgIpc) is 2.84. The summed E-state index contributed by atoms with van der Waals surface area (Å²) in [6.45, 7) is -0.0528. The van der Waals surface area contributed by atoms with E-state index in [0.29, 0.717) is 0 Å². The predicted octanol–water partition coefficient (Wildman–Crippen LogP) is 1.84. The molecule has 7 heteroatoms. The van der Waals surface area contributed by atoms with Gasteiger partial charge in [0, 0.05) is 6.08 Å². The summed E-state index contributed by atoms with van der Waals surface area (Å²) < 4.78 is 14.3. The van der Waals surface area contributed by atoms with Crippen molar-refractivity contribution in [3.05, 3.63) is 58.3 Å². The van der Waals surface area contributed by atoms with E-state index in [9.17, 15) is 14.4 Å². The zero-order valence-electron chi connectivity index (χ0n) is 11.5. The number of esters is 3. The molecule has 0 aromatic heterocycles. The molecule has 0 amide bonds. The number of allylic oxidation sites excluding steroid dienone is 1. The fourth-order valence-electron chi connectivity index (χ4n) is 1.68. The van der Waals surface area contributed by atoms with Crippen LogP contribution in [0.15, 0.2) is 52.8 Å². The zero-order chi connectivity index (χ0) is 16.1. The molecule has 0 N–H and O–H groups in total. The van der Waals surface area contributed by atoms with Gasteiger partial charge in [0.2, 0.25) is 0 Å². The van der Waals surface area contributed by atoms with E-state index in [0.717, 1.165) is 18.7 Å². The minimum absolute atomic E-state index is 0.0528. The van der Waals surface area contributed by atoms with Crippen LogP contribution in [-0.2, 0) is 35.2 Å². The van der Waals surface area contributed by atoms with E-state index in [-0.39, 0.29) is 17.4 Å². The number of hydrogen-bond donors (Lipinski definition) is 0. The maximum Gasteiger partial charge on any atom is 0.349 e. The summed E-state index contributed by atoms with van der Waals surface area (Å²) in [7, 11) is 1.09. The van der Waals surface area contributed by atoms with Gasteiger partial charge in [-0.25, -0.2) is 14.4 Å². The SMILES string of the molecule is COC(=O)/C(C(=O)OCc1ccccc1)=C1\OC(=O)C=C1Cl. The Hall–Kier alpha value is -2.60. The standard InChI is InChI=1S/C15H11ClO6/c1-20-14(18)12(13-10(16)7-11(17)22-13)15(19)21-8-9-5-3-2-4-6-9/h2-7H,8H2,1H3/b13-12+. The van der Waals surface area contributed by atoms with Crippen molar-refractivity contribution in [3.63, 3.8) is 0 Å². The molecule has 0 saturated heterocycles. The second kappa shape index (κ2) is 6.91. The van der Waals surface area contributed by atoms with Crippen molar-refractivity contribution in [2.75, 3.05) is 7.11 Å². The number of methoxy groups -OCH3 is 1. The molecule has 1 heterocycles. The number of benzene rings is 1. The maximum atomic E-state index is 12.1. The normalized spacial score (nSPS) is 15.7. The molecule has 1 aromatic carbocycles. The minimum Gasteiger partial charge on any atom is -0.465 e. The molecule has 0 atom stereocenters. The Labute approximate surface area is 130 Å². The summed E-state index contributed by atoms with van der Waals surface area (Å²) in [6.07, 6.45) is 0.949. The van der Waals surface area contributed by atoms with Gasteiger partial charge < -0.3 is 14.2 Å². The number of carbonyl (C=O) groups is 3. The molecule has 114 valence electrons. The first kappa shape index (κ1) is 15.8. The maximum absolute atomic E-state index is 12.1. The van der Waals surface area contributed by atoms with Crippen LogP contribution in [0.5, 0.6) is 0 Å². The van der Waals surface area contributed by atoms with Crippen molar-refractivity contribution in [1.82, 2.24) is 0 Å². The molecular weight excluding hydrogens is 312 g/mol. The number of hydrogen-bond acceptors (Lipinski definition) is 6. The smallest absolute Gasteiger partial charge is 0.349 e. The lowest BCUT2D eigenvalue weighted by Crippen LogP contribution is -2.20.